The summed E-state index contributed by atoms with van der Waals surface area (Å²) in [5.41, 5.74) is 0.536. The first-order chi connectivity index (χ1) is 16.1. The van der Waals surface area contributed by atoms with Gasteiger partial charge >= 0.3 is 0 Å². The molecule has 1 unspecified atom stereocenters. The van der Waals surface area contributed by atoms with Gasteiger partial charge in [-0.05, 0) is 56.8 Å². The predicted octanol–water partition coefficient (Wildman–Crippen LogP) is 3.50. The van der Waals surface area contributed by atoms with E-state index in [4.69, 9.17) is 9.47 Å². The number of anilines is 4. The summed E-state index contributed by atoms with van der Waals surface area (Å²) in [5, 5.41) is 9.84. The third kappa shape index (κ3) is 6.42. The van der Waals surface area contributed by atoms with Crippen LogP contribution in [0.1, 0.15) is 32.6 Å². The van der Waals surface area contributed by atoms with E-state index in [2.05, 4.69) is 42.7 Å². The average molecular weight is 460 g/mol. The highest BCUT2D eigenvalue weighted by Crippen LogP contribution is 2.24. The summed E-state index contributed by atoms with van der Waals surface area (Å²) in [6, 6.07) is 5.13. The molecule has 3 heterocycles. The number of ether oxygens (including phenoxy) is 2. The lowest BCUT2D eigenvalue weighted by atomic mass is 10.0. The Morgan fingerprint density at radius 3 is 2.48 bits per heavy atom. The van der Waals surface area contributed by atoms with Crippen molar-refractivity contribution in [3.05, 3.63) is 24.0 Å². The maximum atomic E-state index is 14.1. The Balaban J connectivity index is 1.48. The Bertz CT molecular complexity index is 910. The second kappa shape index (κ2) is 11.4. The molecule has 9 nitrogen and oxygen atoms in total. The number of hydrogen-bond donors (Lipinski definition) is 3. The highest BCUT2D eigenvalue weighted by Gasteiger charge is 2.23. The third-order valence-corrected chi connectivity index (χ3v) is 6.33. The molecule has 4 rings (SSSR count). The van der Waals surface area contributed by atoms with Gasteiger partial charge in [0.15, 0.2) is 11.6 Å². The number of methoxy groups -OCH3 is 1. The van der Waals surface area contributed by atoms with Crippen LogP contribution in [0.2, 0.25) is 0 Å². The standard InChI is InChI=1S/C23H34FN7O2/c1-3-31-10-4-5-18(31)15-26-22-28-21(25-14-16-8-11-33-12-9-16)29-23(30-22)27-17-6-7-20(32-2)19(24)13-17/h6-7,13,16,18H,3-5,8-12,14-15H2,1-2H3,(H3,25,26,27,28,29,30). The van der Waals surface area contributed by atoms with Crippen LogP contribution < -0.4 is 20.7 Å². The van der Waals surface area contributed by atoms with E-state index in [0.29, 0.717) is 35.5 Å². The molecule has 33 heavy (non-hydrogen) atoms. The van der Waals surface area contributed by atoms with Crippen LogP contribution in [0.3, 0.4) is 0 Å². The van der Waals surface area contributed by atoms with Gasteiger partial charge in [-0.2, -0.15) is 15.0 Å². The van der Waals surface area contributed by atoms with Crippen molar-refractivity contribution in [2.24, 2.45) is 5.92 Å². The first-order valence-electron chi connectivity index (χ1n) is 11.8. The summed E-state index contributed by atoms with van der Waals surface area (Å²) in [7, 11) is 1.44. The number of nitrogens with one attached hydrogen (secondary N) is 3. The van der Waals surface area contributed by atoms with Gasteiger partial charge in [0, 0.05) is 44.1 Å². The van der Waals surface area contributed by atoms with E-state index in [0.717, 1.165) is 58.7 Å². The van der Waals surface area contributed by atoms with Gasteiger partial charge in [-0.1, -0.05) is 6.92 Å². The number of aromatic nitrogens is 3. The molecule has 0 aliphatic carbocycles. The summed E-state index contributed by atoms with van der Waals surface area (Å²) in [4.78, 5) is 16.1. The van der Waals surface area contributed by atoms with Crippen LogP contribution in [0.15, 0.2) is 18.2 Å². The maximum absolute atomic E-state index is 14.1. The quantitative estimate of drug-likeness (QED) is 0.493. The molecule has 2 aliphatic rings. The van der Waals surface area contributed by atoms with Crippen molar-refractivity contribution in [2.75, 3.05) is 62.5 Å². The van der Waals surface area contributed by atoms with Crippen molar-refractivity contribution in [3.63, 3.8) is 0 Å². The lowest BCUT2D eigenvalue weighted by molar-refractivity contribution is 0.0699. The van der Waals surface area contributed by atoms with E-state index in [1.165, 1.54) is 19.6 Å². The fraction of sp³-hybridized carbons (Fsp3) is 0.609. The molecule has 10 heteroatoms. The molecule has 2 fully saturated rings. The van der Waals surface area contributed by atoms with Crippen LogP contribution in [0.25, 0.3) is 0 Å². The van der Waals surface area contributed by atoms with Crippen molar-refractivity contribution in [1.29, 1.82) is 0 Å². The second-order valence-electron chi connectivity index (χ2n) is 8.52. The predicted molar refractivity (Wildman–Crippen MR) is 127 cm³/mol. The molecular formula is C23H34FN7O2. The zero-order chi connectivity index (χ0) is 23.0. The Morgan fingerprint density at radius 1 is 1.06 bits per heavy atom. The summed E-state index contributed by atoms with van der Waals surface area (Å²) in [6.07, 6.45) is 4.42. The van der Waals surface area contributed by atoms with Crippen LogP contribution >= 0.6 is 0 Å². The monoisotopic (exact) mass is 459 g/mol. The molecular weight excluding hydrogens is 425 g/mol. The van der Waals surface area contributed by atoms with E-state index < -0.39 is 5.82 Å². The van der Waals surface area contributed by atoms with E-state index in [1.807, 2.05) is 0 Å². The largest absolute Gasteiger partial charge is 0.494 e. The van der Waals surface area contributed by atoms with Crippen molar-refractivity contribution >= 4 is 23.5 Å². The number of benzene rings is 1. The number of nitrogens with zero attached hydrogens (tertiary/aromatic N) is 4. The number of hydrogen-bond acceptors (Lipinski definition) is 9. The Morgan fingerprint density at radius 2 is 1.79 bits per heavy atom. The average Bonchev–Trinajstić information content (AvgIpc) is 3.30. The molecule has 1 aromatic heterocycles. The van der Waals surface area contributed by atoms with E-state index >= 15 is 0 Å². The molecule has 0 spiro atoms. The normalized spacial score (nSPS) is 19.4. The minimum Gasteiger partial charge on any atom is -0.494 e. The summed E-state index contributed by atoms with van der Waals surface area (Å²) < 4.78 is 24.6. The summed E-state index contributed by atoms with van der Waals surface area (Å²) in [6.45, 7) is 7.49. The maximum Gasteiger partial charge on any atom is 0.233 e. The first kappa shape index (κ1) is 23.4. The van der Waals surface area contributed by atoms with Crippen molar-refractivity contribution in [3.8, 4) is 5.75 Å². The number of halogens is 1. The fourth-order valence-corrected chi connectivity index (χ4v) is 4.40. The molecule has 0 bridgehead atoms. The van der Waals surface area contributed by atoms with Crippen LogP contribution in [0, 0.1) is 11.7 Å². The lowest BCUT2D eigenvalue weighted by Gasteiger charge is -2.23. The molecule has 0 radical (unpaired) electrons. The molecule has 2 aromatic rings. The van der Waals surface area contributed by atoms with Crippen molar-refractivity contribution in [1.82, 2.24) is 19.9 Å². The van der Waals surface area contributed by atoms with Gasteiger partial charge in [-0.25, -0.2) is 4.39 Å². The van der Waals surface area contributed by atoms with Gasteiger partial charge in [-0.3, -0.25) is 4.90 Å². The van der Waals surface area contributed by atoms with Gasteiger partial charge in [0.05, 0.1) is 7.11 Å². The van der Waals surface area contributed by atoms with E-state index in [9.17, 15) is 4.39 Å². The lowest BCUT2D eigenvalue weighted by Crippen LogP contribution is -2.35. The van der Waals surface area contributed by atoms with Gasteiger partial charge in [0.1, 0.15) is 0 Å². The van der Waals surface area contributed by atoms with Crippen LogP contribution in [-0.2, 0) is 4.74 Å². The number of rotatable bonds is 10. The molecule has 2 saturated heterocycles. The topological polar surface area (TPSA) is 96.5 Å². The number of likely N-dealkylation sites (N-methyl/N-ethyl adjacent to an activating group) is 1. The van der Waals surface area contributed by atoms with Crippen LogP contribution in [0.4, 0.5) is 27.9 Å². The molecule has 0 amide bonds. The fourth-order valence-electron chi connectivity index (χ4n) is 4.40. The highest BCUT2D eigenvalue weighted by atomic mass is 19.1. The van der Waals surface area contributed by atoms with Gasteiger partial charge in [-0.15, -0.1) is 0 Å². The molecule has 3 N–H and O–H groups in total. The summed E-state index contributed by atoms with van der Waals surface area (Å²) >= 11 is 0. The first-order valence-corrected chi connectivity index (χ1v) is 11.8. The molecule has 0 saturated carbocycles. The molecule has 2 aliphatic heterocycles. The van der Waals surface area contributed by atoms with Crippen molar-refractivity contribution in [2.45, 2.75) is 38.6 Å². The zero-order valence-electron chi connectivity index (χ0n) is 19.4. The minimum absolute atomic E-state index is 0.189. The van der Waals surface area contributed by atoms with Crippen molar-refractivity contribution < 1.29 is 13.9 Å². The highest BCUT2D eigenvalue weighted by molar-refractivity contribution is 5.57. The smallest absolute Gasteiger partial charge is 0.233 e. The minimum atomic E-state index is -0.450. The van der Waals surface area contributed by atoms with Crippen LogP contribution in [-0.4, -0.2) is 72.4 Å². The third-order valence-electron chi connectivity index (χ3n) is 6.33. The number of likely N-dealkylation sites (tertiary alicyclic amines) is 1. The zero-order valence-corrected chi connectivity index (χ0v) is 19.4. The van der Waals surface area contributed by atoms with E-state index in [1.54, 1.807) is 12.1 Å². The van der Waals surface area contributed by atoms with Crippen LogP contribution in [0.5, 0.6) is 5.75 Å². The van der Waals surface area contributed by atoms with E-state index in [-0.39, 0.29) is 5.75 Å². The van der Waals surface area contributed by atoms with Gasteiger partial charge in [0.25, 0.3) is 0 Å². The Hall–Kier alpha value is -2.72. The molecule has 1 atom stereocenters. The Kier molecular flexibility index (Phi) is 8.11. The molecule has 1 aromatic carbocycles. The van der Waals surface area contributed by atoms with Gasteiger partial charge < -0.3 is 25.4 Å². The summed E-state index contributed by atoms with van der Waals surface area (Å²) in [5.74, 6) is 1.61. The molecule has 180 valence electrons. The second-order valence-corrected chi connectivity index (χ2v) is 8.52. The SMILES string of the molecule is CCN1CCCC1CNc1nc(NCC2CCOCC2)nc(Nc2ccc(OC)c(F)c2)n1. The van der Waals surface area contributed by atoms with Gasteiger partial charge in [0.2, 0.25) is 17.8 Å². The Labute approximate surface area is 194 Å².